The minimum absolute atomic E-state index is 0. The lowest BCUT2D eigenvalue weighted by Gasteiger charge is -2.28. The molecule has 2 rings (SSSR count). The van der Waals surface area contributed by atoms with E-state index in [0.717, 1.165) is 30.2 Å². The van der Waals surface area contributed by atoms with E-state index in [4.69, 9.17) is 11.6 Å². The third kappa shape index (κ3) is 5.98. The molecule has 1 aliphatic heterocycles. The molecule has 1 saturated heterocycles. The summed E-state index contributed by atoms with van der Waals surface area (Å²) in [5, 5.41) is 14.1. The summed E-state index contributed by atoms with van der Waals surface area (Å²) in [7, 11) is 0. The summed E-state index contributed by atoms with van der Waals surface area (Å²) in [5.74, 6) is 0. The maximum atomic E-state index is 10.0. The number of piperidine rings is 1. The third-order valence-corrected chi connectivity index (χ3v) is 3.94. The van der Waals surface area contributed by atoms with Crippen LogP contribution in [0.1, 0.15) is 24.8 Å². The van der Waals surface area contributed by atoms with Crippen LogP contribution in [0, 0.1) is 0 Å². The number of aliphatic hydroxyl groups is 1. The first-order valence-corrected chi connectivity index (χ1v) is 7.48. The van der Waals surface area contributed by atoms with Gasteiger partial charge < -0.3 is 15.3 Å². The highest BCUT2D eigenvalue weighted by Gasteiger charge is 2.14. The van der Waals surface area contributed by atoms with Crippen LogP contribution in [0.4, 0.5) is 0 Å². The number of likely N-dealkylation sites (tertiary alicyclic amines) is 1. The van der Waals surface area contributed by atoms with Gasteiger partial charge in [-0.1, -0.05) is 36.2 Å². The number of nitrogens with zero attached hydrogens (tertiary/aromatic N) is 1. The molecule has 0 spiro atoms. The van der Waals surface area contributed by atoms with Crippen LogP contribution in [0.2, 0.25) is 5.02 Å². The predicted octanol–water partition coefficient (Wildman–Crippen LogP) is 2.70. The van der Waals surface area contributed by atoms with E-state index in [9.17, 15) is 5.11 Å². The molecule has 1 unspecified atom stereocenters. The number of aliphatic hydroxyl groups excluding tert-OH is 1. The molecule has 1 aromatic rings. The molecule has 0 bridgehead atoms. The Labute approximate surface area is 132 Å². The zero-order valence-electron chi connectivity index (χ0n) is 11.7. The Bertz CT molecular complexity index is 384. The van der Waals surface area contributed by atoms with Gasteiger partial charge in [-0.15, -0.1) is 12.4 Å². The summed E-state index contributed by atoms with van der Waals surface area (Å²) in [6.45, 7) is 4.34. The molecule has 1 heterocycles. The number of hydrogen-bond donors (Lipinski definition) is 2. The monoisotopic (exact) mass is 318 g/mol. The van der Waals surface area contributed by atoms with Gasteiger partial charge in [0, 0.05) is 24.7 Å². The van der Waals surface area contributed by atoms with E-state index in [1.807, 2.05) is 24.3 Å². The summed E-state index contributed by atoms with van der Waals surface area (Å²) in [4.78, 5) is 2.35. The Morgan fingerprint density at radius 1 is 1.20 bits per heavy atom. The van der Waals surface area contributed by atoms with E-state index in [-0.39, 0.29) is 18.5 Å². The van der Waals surface area contributed by atoms with Gasteiger partial charge in [-0.05, 0) is 37.6 Å². The minimum atomic E-state index is -0.305. The molecule has 1 aromatic carbocycles. The maximum absolute atomic E-state index is 10.0. The van der Waals surface area contributed by atoms with Crippen molar-refractivity contribution in [1.82, 2.24) is 10.2 Å². The van der Waals surface area contributed by atoms with Crippen LogP contribution >= 0.6 is 24.0 Å². The molecule has 5 heteroatoms. The summed E-state index contributed by atoms with van der Waals surface area (Å²) in [6, 6.07) is 7.80. The first kappa shape index (κ1) is 17.7. The van der Waals surface area contributed by atoms with Gasteiger partial charge in [-0.2, -0.15) is 0 Å². The largest absolute Gasteiger partial charge is 0.390 e. The molecule has 0 aromatic heterocycles. The third-order valence-electron chi connectivity index (χ3n) is 3.57. The quantitative estimate of drug-likeness (QED) is 0.846. The zero-order chi connectivity index (χ0) is 13.5. The molecular formula is C15H24Cl2N2O. The van der Waals surface area contributed by atoms with Crippen LogP contribution in [-0.2, 0) is 6.54 Å². The van der Waals surface area contributed by atoms with Crippen LogP contribution in [0.5, 0.6) is 0 Å². The van der Waals surface area contributed by atoms with E-state index >= 15 is 0 Å². The summed E-state index contributed by atoms with van der Waals surface area (Å²) in [6.07, 6.45) is 3.55. The van der Waals surface area contributed by atoms with Gasteiger partial charge in [0.15, 0.2) is 0 Å². The summed E-state index contributed by atoms with van der Waals surface area (Å²) < 4.78 is 0. The van der Waals surface area contributed by atoms with Crippen LogP contribution in [0.3, 0.4) is 0 Å². The lowest BCUT2D eigenvalue weighted by Crippen LogP contribution is -2.40. The molecule has 1 atom stereocenters. The van der Waals surface area contributed by atoms with E-state index in [1.54, 1.807) is 0 Å². The fraction of sp³-hybridized carbons (Fsp3) is 0.600. The standard InChI is InChI=1S/C15H23ClN2O.ClH/c16-15-7-3-2-6-13(15)10-17-11-14(19)12-18-8-4-1-5-9-18;/h2-3,6-7,14,17,19H,1,4-5,8-12H2;1H. The SMILES string of the molecule is Cl.OC(CNCc1ccccc1Cl)CN1CCCCC1. The number of β-amino-alcohol motifs (C(OH)–C–C–N with tert-alkyl or cyclic N) is 1. The van der Waals surface area contributed by atoms with Crippen molar-refractivity contribution in [3.63, 3.8) is 0 Å². The van der Waals surface area contributed by atoms with Crippen molar-refractivity contribution in [2.75, 3.05) is 26.2 Å². The van der Waals surface area contributed by atoms with Gasteiger partial charge in [0.25, 0.3) is 0 Å². The highest BCUT2D eigenvalue weighted by molar-refractivity contribution is 6.31. The average Bonchev–Trinajstić information content (AvgIpc) is 2.42. The number of nitrogens with one attached hydrogen (secondary N) is 1. The second-order valence-corrected chi connectivity index (χ2v) is 5.64. The first-order chi connectivity index (χ1) is 9.25. The maximum Gasteiger partial charge on any atom is 0.0791 e. The molecule has 0 amide bonds. The molecular weight excluding hydrogens is 295 g/mol. The summed E-state index contributed by atoms with van der Waals surface area (Å²) >= 11 is 6.08. The second-order valence-electron chi connectivity index (χ2n) is 5.24. The molecule has 114 valence electrons. The van der Waals surface area contributed by atoms with Crippen molar-refractivity contribution >= 4 is 24.0 Å². The Morgan fingerprint density at radius 2 is 1.90 bits per heavy atom. The highest BCUT2D eigenvalue weighted by atomic mass is 35.5. The van der Waals surface area contributed by atoms with Crippen molar-refractivity contribution in [2.24, 2.45) is 0 Å². The Balaban J connectivity index is 0.00000200. The number of hydrogen-bond acceptors (Lipinski definition) is 3. The molecule has 0 saturated carbocycles. The van der Waals surface area contributed by atoms with Gasteiger partial charge in [0.05, 0.1) is 6.10 Å². The van der Waals surface area contributed by atoms with Crippen molar-refractivity contribution < 1.29 is 5.11 Å². The fourth-order valence-corrected chi connectivity index (χ4v) is 2.72. The van der Waals surface area contributed by atoms with Gasteiger partial charge in [0.2, 0.25) is 0 Å². The van der Waals surface area contributed by atoms with Gasteiger partial charge in [-0.3, -0.25) is 0 Å². The fourth-order valence-electron chi connectivity index (χ4n) is 2.52. The second kappa shape index (κ2) is 9.59. The lowest BCUT2D eigenvalue weighted by molar-refractivity contribution is 0.1000. The van der Waals surface area contributed by atoms with Crippen molar-refractivity contribution in [3.05, 3.63) is 34.9 Å². The molecule has 1 fully saturated rings. The van der Waals surface area contributed by atoms with Crippen LogP contribution in [-0.4, -0.2) is 42.3 Å². The van der Waals surface area contributed by atoms with Crippen molar-refractivity contribution in [2.45, 2.75) is 31.9 Å². The lowest BCUT2D eigenvalue weighted by atomic mass is 10.1. The number of rotatable bonds is 6. The van der Waals surface area contributed by atoms with E-state index in [0.29, 0.717) is 13.1 Å². The van der Waals surface area contributed by atoms with Gasteiger partial charge >= 0.3 is 0 Å². The summed E-state index contributed by atoms with van der Waals surface area (Å²) in [5.41, 5.74) is 1.08. The Kier molecular flexibility index (Phi) is 8.50. The van der Waals surface area contributed by atoms with E-state index in [2.05, 4.69) is 10.2 Å². The topological polar surface area (TPSA) is 35.5 Å². The molecule has 2 N–H and O–H groups in total. The van der Waals surface area contributed by atoms with Gasteiger partial charge in [-0.25, -0.2) is 0 Å². The Morgan fingerprint density at radius 3 is 2.60 bits per heavy atom. The normalized spacial score (nSPS) is 17.5. The minimum Gasteiger partial charge on any atom is -0.390 e. The first-order valence-electron chi connectivity index (χ1n) is 7.10. The smallest absolute Gasteiger partial charge is 0.0791 e. The van der Waals surface area contributed by atoms with Crippen LogP contribution < -0.4 is 5.32 Å². The predicted molar refractivity (Wildman–Crippen MR) is 86.7 cm³/mol. The molecule has 0 radical (unpaired) electrons. The molecule has 20 heavy (non-hydrogen) atoms. The number of benzene rings is 1. The van der Waals surface area contributed by atoms with E-state index in [1.165, 1.54) is 19.3 Å². The highest BCUT2D eigenvalue weighted by Crippen LogP contribution is 2.14. The molecule has 3 nitrogen and oxygen atoms in total. The van der Waals surface area contributed by atoms with Crippen LogP contribution in [0.25, 0.3) is 0 Å². The zero-order valence-corrected chi connectivity index (χ0v) is 13.3. The Hall–Kier alpha value is -0.320. The van der Waals surface area contributed by atoms with Crippen molar-refractivity contribution in [1.29, 1.82) is 0 Å². The van der Waals surface area contributed by atoms with Crippen molar-refractivity contribution in [3.8, 4) is 0 Å². The van der Waals surface area contributed by atoms with E-state index < -0.39 is 0 Å². The number of halogens is 2. The molecule has 0 aliphatic carbocycles. The molecule has 1 aliphatic rings. The van der Waals surface area contributed by atoms with Gasteiger partial charge in [0.1, 0.15) is 0 Å². The average molecular weight is 319 g/mol. The van der Waals surface area contributed by atoms with Crippen LogP contribution in [0.15, 0.2) is 24.3 Å².